The number of rotatable bonds is 3. The molecule has 0 radical (unpaired) electrons. The maximum Gasteiger partial charge on any atom is 0.133 e. The van der Waals surface area contributed by atoms with Crippen LogP contribution in [0, 0.1) is 0 Å². The number of aromatic nitrogens is 2. The molecule has 0 saturated heterocycles. The molecule has 0 saturated carbocycles. The number of nitrogens with one attached hydrogen (secondary N) is 1. The van der Waals surface area contributed by atoms with Crippen LogP contribution in [0.15, 0.2) is 35.1 Å². The first-order chi connectivity index (χ1) is 10.2. The van der Waals surface area contributed by atoms with Gasteiger partial charge >= 0.3 is 0 Å². The van der Waals surface area contributed by atoms with Crippen LogP contribution in [0.3, 0.4) is 0 Å². The van der Waals surface area contributed by atoms with Crippen LogP contribution in [-0.2, 0) is 12.8 Å². The summed E-state index contributed by atoms with van der Waals surface area (Å²) in [7, 11) is 0. The Kier molecular flexibility index (Phi) is 4.54. The van der Waals surface area contributed by atoms with Gasteiger partial charge in [-0.05, 0) is 50.3 Å². The van der Waals surface area contributed by atoms with E-state index < -0.39 is 0 Å². The molecular weight excluding hydrogens is 326 g/mol. The zero-order chi connectivity index (χ0) is 14.7. The summed E-state index contributed by atoms with van der Waals surface area (Å²) in [6, 6.07) is 8.67. The highest BCUT2D eigenvalue weighted by Gasteiger charge is 2.16. The third-order valence-corrected chi connectivity index (χ3v) is 4.63. The summed E-state index contributed by atoms with van der Waals surface area (Å²) < 4.78 is 1.11. The minimum atomic E-state index is 0.236. The first-order valence-corrected chi connectivity index (χ1v) is 8.38. The quantitative estimate of drug-likeness (QED) is 0.820. The summed E-state index contributed by atoms with van der Waals surface area (Å²) in [4.78, 5) is 8.96. The summed E-state index contributed by atoms with van der Waals surface area (Å²) in [6.07, 6.45) is 7.64. The van der Waals surface area contributed by atoms with Crippen molar-refractivity contribution in [1.82, 2.24) is 9.97 Å². The fourth-order valence-corrected chi connectivity index (χ4v) is 3.13. The molecule has 1 N–H and O–H groups in total. The van der Waals surface area contributed by atoms with Gasteiger partial charge in [-0.2, -0.15) is 0 Å². The van der Waals surface area contributed by atoms with Gasteiger partial charge in [0.05, 0.1) is 0 Å². The minimum absolute atomic E-state index is 0.236. The van der Waals surface area contributed by atoms with Crippen LogP contribution < -0.4 is 5.32 Å². The number of benzene rings is 1. The molecule has 3 nitrogen and oxygen atoms in total. The Morgan fingerprint density at radius 3 is 2.62 bits per heavy atom. The van der Waals surface area contributed by atoms with Crippen molar-refractivity contribution in [1.29, 1.82) is 0 Å². The molecule has 0 spiro atoms. The molecule has 1 aromatic carbocycles. The SMILES string of the molecule is CC(Nc1ncnc2c1CCCCC2)c1ccc(Br)cc1. The van der Waals surface area contributed by atoms with E-state index in [-0.39, 0.29) is 6.04 Å². The third kappa shape index (κ3) is 3.43. The fourth-order valence-electron chi connectivity index (χ4n) is 2.86. The first-order valence-electron chi connectivity index (χ1n) is 7.59. The average Bonchev–Trinajstić information content (AvgIpc) is 2.74. The number of hydrogen-bond acceptors (Lipinski definition) is 3. The molecule has 0 fully saturated rings. The summed E-state index contributed by atoms with van der Waals surface area (Å²) in [5, 5.41) is 3.57. The largest absolute Gasteiger partial charge is 0.363 e. The van der Waals surface area contributed by atoms with E-state index in [2.05, 4.69) is 62.4 Å². The van der Waals surface area contributed by atoms with E-state index in [0.29, 0.717) is 0 Å². The molecule has 110 valence electrons. The summed E-state index contributed by atoms with van der Waals surface area (Å²) >= 11 is 3.48. The van der Waals surface area contributed by atoms with E-state index in [0.717, 1.165) is 23.1 Å². The zero-order valence-electron chi connectivity index (χ0n) is 12.3. The molecule has 1 aromatic heterocycles. The topological polar surface area (TPSA) is 37.8 Å². The lowest BCUT2D eigenvalue weighted by molar-refractivity contribution is 0.708. The van der Waals surface area contributed by atoms with Gasteiger partial charge in [-0.25, -0.2) is 9.97 Å². The standard InChI is InChI=1S/C17H20BrN3/c1-12(13-7-9-14(18)10-8-13)21-17-15-5-3-2-4-6-16(15)19-11-20-17/h7-12H,2-6H2,1H3,(H,19,20,21). The number of fused-ring (bicyclic) bond motifs is 1. The number of halogens is 1. The van der Waals surface area contributed by atoms with Crippen molar-refractivity contribution in [3.63, 3.8) is 0 Å². The Morgan fingerprint density at radius 1 is 1.05 bits per heavy atom. The number of hydrogen-bond donors (Lipinski definition) is 1. The van der Waals surface area contributed by atoms with E-state index >= 15 is 0 Å². The molecular formula is C17H20BrN3. The molecule has 1 atom stereocenters. The van der Waals surface area contributed by atoms with Crippen LogP contribution in [0.25, 0.3) is 0 Å². The van der Waals surface area contributed by atoms with Crippen molar-refractivity contribution in [2.24, 2.45) is 0 Å². The summed E-state index contributed by atoms with van der Waals surface area (Å²) in [5.74, 6) is 1.01. The fraction of sp³-hybridized carbons (Fsp3) is 0.412. The monoisotopic (exact) mass is 345 g/mol. The van der Waals surface area contributed by atoms with E-state index in [4.69, 9.17) is 0 Å². The van der Waals surface area contributed by atoms with E-state index in [1.807, 2.05) is 0 Å². The molecule has 0 bridgehead atoms. The zero-order valence-corrected chi connectivity index (χ0v) is 13.9. The molecule has 0 aliphatic heterocycles. The predicted molar refractivity (Wildman–Crippen MR) is 89.5 cm³/mol. The van der Waals surface area contributed by atoms with Crippen molar-refractivity contribution < 1.29 is 0 Å². The van der Waals surface area contributed by atoms with Gasteiger partial charge in [-0.15, -0.1) is 0 Å². The average molecular weight is 346 g/mol. The smallest absolute Gasteiger partial charge is 0.133 e. The highest BCUT2D eigenvalue weighted by Crippen LogP contribution is 2.27. The van der Waals surface area contributed by atoms with Gasteiger partial charge < -0.3 is 5.32 Å². The molecule has 3 rings (SSSR count). The van der Waals surface area contributed by atoms with Crippen molar-refractivity contribution in [2.75, 3.05) is 5.32 Å². The van der Waals surface area contributed by atoms with E-state index in [1.165, 1.54) is 36.1 Å². The lowest BCUT2D eigenvalue weighted by Crippen LogP contribution is -2.12. The van der Waals surface area contributed by atoms with Crippen LogP contribution in [0.5, 0.6) is 0 Å². The number of nitrogens with zero attached hydrogens (tertiary/aromatic N) is 2. The Balaban J connectivity index is 1.83. The van der Waals surface area contributed by atoms with Gasteiger partial charge in [0, 0.05) is 21.8 Å². The minimum Gasteiger partial charge on any atom is -0.363 e. The van der Waals surface area contributed by atoms with Crippen LogP contribution in [0.4, 0.5) is 5.82 Å². The predicted octanol–water partition coefficient (Wildman–Crippen LogP) is 4.68. The first kappa shape index (κ1) is 14.5. The van der Waals surface area contributed by atoms with Crippen molar-refractivity contribution in [3.8, 4) is 0 Å². The molecule has 0 amide bonds. The molecule has 1 heterocycles. The molecule has 21 heavy (non-hydrogen) atoms. The van der Waals surface area contributed by atoms with Gasteiger partial charge in [0.15, 0.2) is 0 Å². The van der Waals surface area contributed by atoms with Crippen LogP contribution >= 0.6 is 15.9 Å². The Bertz CT molecular complexity index is 610. The maximum atomic E-state index is 4.49. The lowest BCUT2D eigenvalue weighted by atomic mass is 10.1. The molecule has 1 unspecified atom stereocenters. The van der Waals surface area contributed by atoms with Gasteiger partial charge in [0.25, 0.3) is 0 Å². The Hall–Kier alpha value is -1.42. The highest BCUT2D eigenvalue weighted by atomic mass is 79.9. The van der Waals surface area contributed by atoms with E-state index in [1.54, 1.807) is 6.33 Å². The molecule has 2 aromatic rings. The summed E-state index contributed by atoms with van der Waals surface area (Å²) in [5.41, 5.74) is 3.81. The van der Waals surface area contributed by atoms with Crippen molar-refractivity contribution in [3.05, 3.63) is 51.9 Å². The van der Waals surface area contributed by atoms with Crippen molar-refractivity contribution in [2.45, 2.75) is 45.1 Å². The number of aryl methyl sites for hydroxylation is 1. The lowest BCUT2D eigenvalue weighted by Gasteiger charge is -2.18. The number of anilines is 1. The van der Waals surface area contributed by atoms with Crippen LogP contribution in [0.1, 0.15) is 49.0 Å². The summed E-state index contributed by atoms with van der Waals surface area (Å²) in [6.45, 7) is 2.18. The van der Waals surface area contributed by atoms with Gasteiger partial charge in [-0.1, -0.05) is 34.5 Å². The molecule has 1 aliphatic carbocycles. The van der Waals surface area contributed by atoms with Gasteiger partial charge in [0.2, 0.25) is 0 Å². The normalized spacial score (nSPS) is 15.9. The maximum absolute atomic E-state index is 4.49. The van der Waals surface area contributed by atoms with E-state index in [9.17, 15) is 0 Å². The van der Waals surface area contributed by atoms with Crippen LogP contribution in [-0.4, -0.2) is 9.97 Å². The van der Waals surface area contributed by atoms with Crippen LogP contribution in [0.2, 0.25) is 0 Å². The Labute approximate surface area is 134 Å². The second-order valence-electron chi connectivity index (χ2n) is 5.63. The Morgan fingerprint density at radius 2 is 1.81 bits per heavy atom. The molecule has 1 aliphatic rings. The van der Waals surface area contributed by atoms with Crippen molar-refractivity contribution >= 4 is 21.7 Å². The second-order valence-corrected chi connectivity index (χ2v) is 6.54. The second kappa shape index (κ2) is 6.56. The van der Waals surface area contributed by atoms with Gasteiger partial charge in [-0.3, -0.25) is 0 Å². The highest BCUT2D eigenvalue weighted by molar-refractivity contribution is 9.10. The molecule has 4 heteroatoms. The van der Waals surface area contributed by atoms with Gasteiger partial charge in [0.1, 0.15) is 12.1 Å². The third-order valence-electron chi connectivity index (χ3n) is 4.10.